The molecule has 0 aliphatic heterocycles. The predicted octanol–water partition coefficient (Wildman–Crippen LogP) is 3.18. The first kappa shape index (κ1) is 12.5. The van der Waals surface area contributed by atoms with Gasteiger partial charge in [-0.3, -0.25) is 4.68 Å². The van der Waals surface area contributed by atoms with Crippen molar-refractivity contribution < 1.29 is 0 Å². The van der Waals surface area contributed by atoms with Crippen LogP contribution in [0.3, 0.4) is 0 Å². The van der Waals surface area contributed by atoms with Crippen LogP contribution in [0.2, 0.25) is 0 Å². The Morgan fingerprint density at radius 1 is 1.28 bits per heavy atom. The van der Waals surface area contributed by atoms with Crippen LogP contribution in [0.25, 0.3) is 0 Å². The lowest BCUT2D eigenvalue weighted by atomic mass is 10.1. The number of para-hydroxylation sites is 1. The molecule has 2 rings (SSSR count). The molecule has 0 amide bonds. The fourth-order valence-corrected chi connectivity index (χ4v) is 1.98. The monoisotopic (exact) mass is 244 g/mol. The topological polar surface area (TPSA) is 55.9 Å². The Bertz CT molecular complexity index is 555. The Morgan fingerprint density at radius 2 is 1.94 bits per heavy atom. The number of hydrogen-bond acceptors (Lipinski definition) is 3. The summed E-state index contributed by atoms with van der Waals surface area (Å²) in [5.41, 5.74) is 10.1. The molecule has 1 aromatic heterocycles. The van der Waals surface area contributed by atoms with Crippen LogP contribution in [0, 0.1) is 6.92 Å². The van der Waals surface area contributed by atoms with E-state index in [0.717, 1.165) is 22.9 Å². The zero-order valence-electron chi connectivity index (χ0n) is 11.4. The molecule has 96 valence electrons. The molecule has 4 heteroatoms. The minimum atomic E-state index is 0.323. The van der Waals surface area contributed by atoms with Crippen molar-refractivity contribution in [1.29, 1.82) is 0 Å². The van der Waals surface area contributed by atoms with Gasteiger partial charge in [-0.25, -0.2) is 0 Å². The van der Waals surface area contributed by atoms with Crippen molar-refractivity contribution in [2.75, 3.05) is 11.1 Å². The zero-order chi connectivity index (χ0) is 13.3. The molecule has 0 saturated heterocycles. The van der Waals surface area contributed by atoms with Gasteiger partial charge in [0.1, 0.15) is 0 Å². The molecule has 3 N–H and O–H groups in total. The van der Waals surface area contributed by atoms with E-state index < -0.39 is 0 Å². The van der Waals surface area contributed by atoms with E-state index in [9.17, 15) is 0 Å². The molecule has 0 spiro atoms. The van der Waals surface area contributed by atoms with E-state index in [1.165, 1.54) is 5.56 Å². The molecular weight excluding hydrogens is 224 g/mol. The van der Waals surface area contributed by atoms with E-state index >= 15 is 0 Å². The van der Waals surface area contributed by atoms with Crippen molar-refractivity contribution in [2.24, 2.45) is 7.05 Å². The largest absolute Gasteiger partial charge is 0.394 e. The number of anilines is 3. The first-order valence-electron chi connectivity index (χ1n) is 6.15. The van der Waals surface area contributed by atoms with Crippen LogP contribution in [0.4, 0.5) is 17.2 Å². The number of benzene rings is 1. The van der Waals surface area contributed by atoms with Gasteiger partial charge in [-0.2, -0.15) is 5.10 Å². The van der Waals surface area contributed by atoms with E-state index in [2.05, 4.69) is 37.3 Å². The van der Waals surface area contributed by atoms with Gasteiger partial charge in [0.25, 0.3) is 0 Å². The molecule has 0 saturated carbocycles. The first-order valence-corrected chi connectivity index (χ1v) is 6.15. The smallest absolute Gasteiger partial charge is 0.152 e. The summed E-state index contributed by atoms with van der Waals surface area (Å²) >= 11 is 0. The lowest BCUT2D eigenvalue weighted by Crippen LogP contribution is -2.02. The van der Waals surface area contributed by atoms with Gasteiger partial charge in [-0.05, 0) is 24.5 Å². The molecule has 1 aromatic carbocycles. The van der Waals surface area contributed by atoms with Crippen molar-refractivity contribution in [3.63, 3.8) is 0 Å². The number of nitrogens with zero attached hydrogens (tertiary/aromatic N) is 2. The highest BCUT2D eigenvalue weighted by Crippen LogP contribution is 2.30. The number of nitrogens with one attached hydrogen (secondary N) is 1. The van der Waals surface area contributed by atoms with Crippen LogP contribution >= 0.6 is 0 Å². The molecule has 4 nitrogen and oxygen atoms in total. The van der Waals surface area contributed by atoms with Gasteiger partial charge >= 0.3 is 0 Å². The highest BCUT2D eigenvalue weighted by atomic mass is 15.3. The Kier molecular flexibility index (Phi) is 3.28. The minimum absolute atomic E-state index is 0.323. The fourth-order valence-electron chi connectivity index (χ4n) is 1.98. The lowest BCUT2D eigenvalue weighted by Gasteiger charge is -2.10. The molecular formula is C14H20N4. The number of aromatic nitrogens is 2. The Balaban J connectivity index is 2.38. The number of nitrogen functional groups attached to an aromatic ring is 1. The second-order valence-electron chi connectivity index (χ2n) is 4.87. The summed E-state index contributed by atoms with van der Waals surface area (Å²) in [4.78, 5) is 0. The third kappa shape index (κ3) is 2.18. The van der Waals surface area contributed by atoms with Crippen LogP contribution in [0.5, 0.6) is 0 Å². The number of rotatable bonds is 3. The van der Waals surface area contributed by atoms with E-state index in [-0.39, 0.29) is 0 Å². The van der Waals surface area contributed by atoms with Gasteiger partial charge in [-0.1, -0.05) is 32.0 Å². The van der Waals surface area contributed by atoms with Gasteiger partial charge < -0.3 is 11.1 Å². The van der Waals surface area contributed by atoms with Crippen molar-refractivity contribution in [3.8, 4) is 0 Å². The summed E-state index contributed by atoms with van der Waals surface area (Å²) < 4.78 is 1.80. The van der Waals surface area contributed by atoms with Crippen molar-refractivity contribution in [2.45, 2.75) is 26.7 Å². The molecule has 2 aromatic rings. The summed E-state index contributed by atoms with van der Waals surface area (Å²) in [7, 11) is 1.91. The summed E-state index contributed by atoms with van der Waals surface area (Å²) in [6.07, 6.45) is 0. The maximum absolute atomic E-state index is 6.16. The molecule has 0 aliphatic carbocycles. The Morgan fingerprint density at radius 3 is 2.50 bits per heavy atom. The predicted molar refractivity (Wildman–Crippen MR) is 76.2 cm³/mol. The van der Waals surface area contributed by atoms with Crippen molar-refractivity contribution in [3.05, 3.63) is 35.5 Å². The highest BCUT2D eigenvalue weighted by molar-refractivity contribution is 5.73. The van der Waals surface area contributed by atoms with E-state index in [0.29, 0.717) is 5.92 Å². The van der Waals surface area contributed by atoms with E-state index in [1.54, 1.807) is 4.68 Å². The molecule has 18 heavy (non-hydrogen) atoms. The van der Waals surface area contributed by atoms with Gasteiger partial charge in [0.2, 0.25) is 0 Å². The Labute approximate surface area is 108 Å². The van der Waals surface area contributed by atoms with Crippen LogP contribution in [0.1, 0.15) is 31.0 Å². The van der Waals surface area contributed by atoms with Crippen LogP contribution < -0.4 is 11.1 Å². The fraction of sp³-hybridized carbons (Fsp3) is 0.357. The summed E-state index contributed by atoms with van der Waals surface area (Å²) in [5.74, 6) is 1.18. The SMILES string of the molecule is Cc1ccccc1Nc1c(N)c(C(C)C)nn1C. The van der Waals surface area contributed by atoms with Crippen LogP contribution in [-0.4, -0.2) is 9.78 Å². The van der Waals surface area contributed by atoms with Crippen LogP contribution in [-0.2, 0) is 7.05 Å². The lowest BCUT2D eigenvalue weighted by molar-refractivity contribution is 0.718. The quantitative estimate of drug-likeness (QED) is 0.872. The average Bonchev–Trinajstić information content (AvgIpc) is 2.60. The molecule has 0 aliphatic rings. The first-order chi connectivity index (χ1) is 8.50. The molecule has 0 bridgehead atoms. The molecule has 0 fully saturated rings. The molecule has 0 atom stereocenters. The Hall–Kier alpha value is -1.97. The number of aryl methyl sites for hydroxylation is 2. The maximum Gasteiger partial charge on any atom is 0.152 e. The maximum atomic E-state index is 6.16. The summed E-state index contributed by atoms with van der Waals surface area (Å²) in [6.45, 7) is 6.25. The van der Waals surface area contributed by atoms with Crippen molar-refractivity contribution in [1.82, 2.24) is 9.78 Å². The van der Waals surface area contributed by atoms with Gasteiger partial charge in [-0.15, -0.1) is 0 Å². The van der Waals surface area contributed by atoms with Gasteiger partial charge in [0.05, 0.1) is 11.4 Å². The van der Waals surface area contributed by atoms with Crippen molar-refractivity contribution >= 4 is 17.2 Å². The standard InChI is InChI=1S/C14H20N4/c1-9(2)13-12(15)14(18(4)17-13)16-11-8-6-5-7-10(11)3/h5-9,16H,15H2,1-4H3. The molecule has 1 heterocycles. The average molecular weight is 244 g/mol. The van der Waals surface area contributed by atoms with E-state index in [4.69, 9.17) is 5.73 Å². The second kappa shape index (κ2) is 4.72. The van der Waals surface area contributed by atoms with Gasteiger partial charge in [0, 0.05) is 12.7 Å². The van der Waals surface area contributed by atoms with Crippen LogP contribution in [0.15, 0.2) is 24.3 Å². The minimum Gasteiger partial charge on any atom is -0.394 e. The van der Waals surface area contributed by atoms with E-state index in [1.807, 2.05) is 25.2 Å². The summed E-state index contributed by atoms with van der Waals surface area (Å²) in [6, 6.07) is 8.13. The third-order valence-corrected chi connectivity index (χ3v) is 3.06. The summed E-state index contributed by atoms with van der Waals surface area (Å²) in [5, 5.41) is 7.82. The number of hydrogen-bond donors (Lipinski definition) is 2. The zero-order valence-corrected chi connectivity index (χ0v) is 11.4. The third-order valence-electron chi connectivity index (χ3n) is 3.06. The van der Waals surface area contributed by atoms with Gasteiger partial charge in [0.15, 0.2) is 5.82 Å². The molecule has 0 unspecified atom stereocenters. The molecule has 0 radical (unpaired) electrons. The number of nitrogens with two attached hydrogens (primary N) is 1. The normalized spacial score (nSPS) is 10.9. The second-order valence-corrected chi connectivity index (χ2v) is 4.87. The highest BCUT2D eigenvalue weighted by Gasteiger charge is 2.16.